The van der Waals surface area contributed by atoms with Gasteiger partial charge in [0, 0.05) is 35.6 Å². The molecule has 0 radical (unpaired) electrons. The zero-order valence-corrected chi connectivity index (χ0v) is 12.5. The SMILES string of the molecule is CC(C)n1cc(Br)cc1C(=O)NCc1cccnc1. The molecule has 0 atom stereocenters. The molecule has 100 valence electrons. The number of hydrogen-bond acceptors (Lipinski definition) is 2. The van der Waals surface area contributed by atoms with Crippen LogP contribution in [0, 0.1) is 0 Å². The number of rotatable bonds is 4. The maximum absolute atomic E-state index is 12.2. The molecule has 1 amide bonds. The second-order valence-corrected chi connectivity index (χ2v) is 5.50. The van der Waals surface area contributed by atoms with Crippen molar-refractivity contribution in [3.05, 3.63) is 52.5 Å². The predicted octanol–water partition coefficient (Wildman–Crippen LogP) is 3.16. The van der Waals surface area contributed by atoms with E-state index in [1.54, 1.807) is 12.4 Å². The number of carbonyl (C=O) groups excluding carboxylic acids is 1. The van der Waals surface area contributed by atoms with Gasteiger partial charge in [-0.2, -0.15) is 0 Å². The van der Waals surface area contributed by atoms with E-state index in [1.807, 2.05) is 42.8 Å². The van der Waals surface area contributed by atoms with Crippen LogP contribution in [0.1, 0.15) is 35.9 Å². The summed E-state index contributed by atoms with van der Waals surface area (Å²) in [6.45, 7) is 4.57. The molecule has 2 aromatic rings. The van der Waals surface area contributed by atoms with Gasteiger partial charge in [0.25, 0.3) is 5.91 Å². The summed E-state index contributed by atoms with van der Waals surface area (Å²) in [5, 5.41) is 2.90. The quantitative estimate of drug-likeness (QED) is 0.940. The number of amides is 1. The molecule has 0 aromatic carbocycles. The number of aromatic nitrogens is 2. The third-order valence-electron chi connectivity index (χ3n) is 2.78. The number of hydrogen-bond donors (Lipinski definition) is 1. The molecule has 1 N–H and O–H groups in total. The summed E-state index contributed by atoms with van der Waals surface area (Å²) < 4.78 is 2.86. The molecule has 0 aliphatic rings. The predicted molar refractivity (Wildman–Crippen MR) is 77.9 cm³/mol. The lowest BCUT2D eigenvalue weighted by atomic mass is 10.3. The van der Waals surface area contributed by atoms with E-state index in [4.69, 9.17) is 0 Å². The smallest absolute Gasteiger partial charge is 0.268 e. The molecule has 0 saturated carbocycles. The molecule has 19 heavy (non-hydrogen) atoms. The van der Waals surface area contributed by atoms with Gasteiger partial charge >= 0.3 is 0 Å². The van der Waals surface area contributed by atoms with Crippen molar-refractivity contribution in [2.45, 2.75) is 26.4 Å². The number of nitrogens with zero attached hydrogens (tertiary/aromatic N) is 2. The van der Waals surface area contributed by atoms with Gasteiger partial charge < -0.3 is 9.88 Å². The Balaban J connectivity index is 2.08. The van der Waals surface area contributed by atoms with Crippen molar-refractivity contribution < 1.29 is 4.79 Å². The van der Waals surface area contributed by atoms with E-state index < -0.39 is 0 Å². The molecule has 0 bridgehead atoms. The summed E-state index contributed by atoms with van der Waals surface area (Å²) in [5.41, 5.74) is 1.64. The summed E-state index contributed by atoms with van der Waals surface area (Å²) >= 11 is 3.40. The van der Waals surface area contributed by atoms with Crippen LogP contribution in [-0.2, 0) is 6.54 Å². The molecular formula is C14H16BrN3O. The van der Waals surface area contributed by atoms with E-state index >= 15 is 0 Å². The minimum absolute atomic E-state index is 0.0803. The highest BCUT2D eigenvalue weighted by Crippen LogP contribution is 2.19. The topological polar surface area (TPSA) is 46.9 Å². The van der Waals surface area contributed by atoms with Gasteiger partial charge in [-0.25, -0.2) is 0 Å². The van der Waals surface area contributed by atoms with E-state index in [-0.39, 0.29) is 11.9 Å². The van der Waals surface area contributed by atoms with Crippen LogP contribution in [0.2, 0.25) is 0 Å². The molecule has 0 aliphatic carbocycles. The maximum atomic E-state index is 12.2. The van der Waals surface area contributed by atoms with Crippen molar-refractivity contribution in [3.8, 4) is 0 Å². The third kappa shape index (κ3) is 3.44. The zero-order valence-electron chi connectivity index (χ0n) is 10.9. The molecule has 2 heterocycles. The highest BCUT2D eigenvalue weighted by Gasteiger charge is 2.14. The Morgan fingerprint density at radius 2 is 2.32 bits per heavy atom. The fourth-order valence-electron chi connectivity index (χ4n) is 1.83. The van der Waals surface area contributed by atoms with Crippen molar-refractivity contribution in [3.63, 3.8) is 0 Å². The Hall–Kier alpha value is -1.62. The Kier molecular flexibility index (Phi) is 4.37. The van der Waals surface area contributed by atoms with Crippen molar-refractivity contribution in [1.82, 2.24) is 14.9 Å². The first-order valence-corrected chi connectivity index (χ1v) is 6.91. The van der Waals surface area contributed by atoms with Crippen LogP contribution in [0.15, 0.2) is 41.3 Å². The summed E-state index contributed by atoms with van der Waals surface area (Å²) in [6.07, 6.45) is 5.38. The fourth-order valence-corrected chi connectivity index (χ4v) is 2.27. The molecule has 0 saturated heterocycles. The second kappa shape index (κ2) is 6.02. The van der Waals surface area contributed by atoms with Gasteiger partial charge in [0.05, 0.1) is 0 Å². The van der Waals surface area contributed by atoms with Gasteiger partial charge in [-0.3, -0.25) is 9.78 Å². The molecule has 4 nitrogen and oxygen atoms in total. The van der Waals surface area contributed by atoms with Crippen LogP contribution in [0.5, 0.6) is 0 Å². The van der Waals surface area contributed by atoms with E-state index in [1.165, 1.54) is 0 Å². The first-order valence-electron chi connectivity index (χ1n) is 6.12. The Morgan fingerprint density at radius 3 is 2.95 bits per heavy atom. The summed E-state index contributed by atoms with van der Waals surface area (Å²) in [4.78, 5) is 16.2. The van der Waals surface area contributed by atoms with Crippen LogP contribution in [0.4, 0.5) is 0 Å². The number of halogens is 1. The summed E-state index contributed by atoms with van der Waals surface area (Å²) in [6, 6.07) is 5.86. The summed E-state index contributed by atoms with van der Waals surface area (Å²) in [5.74, 6) is -0.0803. The van der Waals surface area contributed by atoms with Gasteiger partial charge in [-0.1, -0.05) is 6.07 Å². The van der Waals surface area contributed by atoms with Crippen LogP contribution in [0.3, 0.4) is 0 Å². The van der Waals surface area contributed by atoms with Gasteiger partial charge in [0.2, 0.25) is 0 Å². The zero-order chi connectivity index (χ0) is 13.8. The molecular weight excluding hydrogens is 306 g/mol. The van der Waals surface area contributed by atoms with Gasteiger partial charge in [-0.15, -0.1) is 0 Å². The molecule has 0 unspecified atom stereocenters. The molecule has 2 aromatic heterocycles. The largest absolute Gasteiger partial charge is 0.347 e. The van der Waals surface area contributed by atoms with Crippen LogP contribution in [-0.4, -0.2) is 15.5 Å². The monoisotopic (exact) mass is 321 g/mol. The van der Waals surface area contributed by atoms with Crippen molar-refractivity contribution in [2.24, 2.45) is 0 Å². The molecule has 0 fully saturated rings. The van der Waals surface area contributed by atoms with Gasteiger partial charge in [-0.05, 0) is 47.5 Å². The maximum Gasteiger partial charge on any atom is 0.268 e. The van der Waals surface area contributed by atoms with Gasteiger partial charge in [0.15, 0.2) is 0 Å². The van der Waals surface area contributed by atoms with E-state index in [9.17, 15) is 4.79 Å². The molecule has 2 rings (SSSR count). The molecule has 0 spiro atoms. The Bertz CT molecular complexity index is 563. The minimum Gasteiger partial charge on any atom is -0.347 e. The van der Waals surface area contributed by atoms with Crippen molar-refractivity contribution in [1.29, 1.82) is 0 Å². The minimum atomic E-state index is -0.0803. The normalized spacial score (nSPS) is 10.7. The first kappa shape index (κ1) is 13.8. The van der Waals surface area contributed by atoms with Crippen molar-refractivity contribution >= 4 is 21.8 Å². The third-order valence-corrected chi connectivity index (χ3v) is 3.21. The number of pyridine rings is 1. The Labute approximate surface area is 121 Å². The fraction of sp³-hybridized carbons (Fsp3) is 0.286. The highest BCUT2D eigenvalue weighted by molar-refractivity contribution is 9.10. The van der Waals surface area contributed by atoms with Crippen LogP contribution >= 0.6 is 15.9 Å². The average molecular weight is 322 g/mol. The molecule has 0 aliphatic heterocycles. The lowest BCUT2D eigenvalue weighted by molar-refractivity contribution is 0.0940. The van der Waals surface area contributed by atoms with Crippen molar-refractivity contribution in [2.75, 3.05) is 0 Å². The highest BCUT2D eigenvalue weighted by atomic mass is 79.9. The number of carbonyl (C=O) groups is 1. The van der Waals surface area contributed by atoms with E-state index in [0.29, 0.717) is 12.2 Å². The van der Waals surface area contributed by atoms with Crippen LogP contribution in [0.25, 0.3) is 0 Å². The van der Waals surface area contributed by atoms with Crippen LogP contribution < -0.4 is 5.32 Å². The lowest BCUT2D eigenvalue weighted by Gasteiger charge is -2.12. The lowest BCUT2D eigenvalue weighted by Crippen LogP contribution is -2.25. The molecule has 5 heteroatoms. The van der Waals surface area contributed by atoms with Gasteiger partial charge in [0.1, 0.15) is 5.69 Å². The van der Waals surface area contributed by atoms with E-state index in [2.05, 4.69) is 26.2 Å². The average Bonchev–Trinajstić information content (AvgIpc) is 2.79. The summed E-state index contributed by atoms with van der Waals surface area (Å²) in [7, 11) is 0. The first-order chi connectivity index (χ1) is 9.08. The number of nitrogens with one attached hydrogen (secondary N) is 1. The second-order valence-electron chi connectivity index (χ2n) is 4.59. The Morgan fingerprint density at radius 1 is 1.53 bits per heavy atom. The van der Waals surface area contributed by atoms with E-state index in [0.717, 1.165) is 10.0 Å². The standard InChI is InChI=1S/C14H16BrN3O/c1-10(2)18-9-12(15)6-13(18)14(19)17-8-11-4-3-5-16-7-11/h3-7,9-10H,8H2,1-2H3,(H,17,19).